The first-order chi connectivity index (χ1) is 15.9. The van der Waals surface area contributed by atoms with Gasteiger partial charge in [-0.15, -0.1) is 0 Å². The molecule has 4 rings (SSSR count). The second-order valence-corrected chi connectivity index (χ2v) is 7.46. The first-order valence-corrected chi connectivity index (χ1v) is 10.3. The van der Waals surface area contributed by atoms with Crippen LogP contribution >= 0.6 is 0 Å². The summed E-state index contributed by atoms with van der Waals surface area (Å²) in [7, 11) is 3.02. The number of amides is 3. The Morgan fingerprint density at radius 1 is 1.06 bits per heavy atom. The molecule has 10 nitrogen and oxygen atoms in total. The fourth-order valence-corrected chi connectivity index (χ4v) is 3.68. The van der Waals surface area contributed by atoms with Crippen molar-refractivity contribution >= 4 is 11.9 Å². The maximum Gasteiger partial charge on any atom is 0.325 e. The molecular formula is C23H24N4O6. The highest BCUT2D eigenvalue weighted by Gasteiger charge is 2.49. The summed E-state index contributed by atoms with van der Waals surface area (Å²) >= 11 is 0. The summed E-state index contributed by atoms with van der Waals surface area (Å²) in [6, 6.07) is 11.8. The molecule has 10 heteroatoms. The van der Waals surface area contributed by atoms with E-state index in [1.165, 1.54) is 14.2 Å². The van der Waals surface area contributed by atoms with Crippen LogP contribution in [0.4, 0.5) is 4.79 Å². The topological polar surface area (TPSA) is 116 Å². The van der Waals surface area contributed by atoms with Crippen molar-refractivity contribution in [2.45, 2.75) is 25.9 Å². The van der Waals surface area contributed by atoms with Crippen molar-refractivity contribution in [3.8, 4) is 28.6 Å². The number of benzene rings is 2. The third kappa shape index (κ3) is 3.95. The lowest BCUT2D eigenvalue weighted by Crippen LogP contribution is -2.40. The summed E-state index contributed by atoms with van der Waals surface area (Å²) in [4.78, 5) is 31.4. The van der Waals surface area contributed by atoms with E-state index >= 15 is 0 Å². The van der Waals surface area contributed by atoms with Crippen LogP contribution in [-0.2, 0) is 16.9 Å². The van der Waals surface area contributed by atoms with Crippen LogP contribution in [0, 0.1) is 0 Å². The van der Waals surface area contributed by atoms with Gasteiger partial charge in [-0.25, -0.2) is 4.79 Å². The van der Waals surface area contributed by atoms with Crippen LogP contribution in [0.15, 0.2) is 47.0 Å². The molecule has 0 bridgehead atoms. The van der Waals surface area contributed by atoms with Crippen LogP contribution in [0.25, 0.3) is 11.4 Å². The van der Waals surface area contributed by atoms with Crippen molar-refractivity contribution in [1.29, 1.82) is 0 Å². The molecule has 1 saturated heterocycles. The van der Waals surface area contributed by atoms with Crippen LogP contribution < -0.4 is 19.5 Å². The molecule has 1 aliphatic rings. The van der Waals surface area contributed by atoms with Gasteiger partial charge in [0.15, 0.2) is 11.5 Å². The van der Waals surface area contributed by atoms with Crippen LogP contribution in [0.2, 0.25) is 0 Å². The van der Waals surface area contributed by atoms with Crippen LogP contribution in [-0.4, -0.2) is 47.8 Å². The number of aromatic nitrogens is 2. The Kier molecular flexibility index (Phi) is 5.91. The Morgan fingerprint density at radius 2 is 1.82 bits per heavy atom. The molecule has 3 amide bonds. The van der Waals surface area contributed by atoms with Crippen LogP contribution in [0.5, 0.6) is 17.2 Å². The van der Waals surface area contributed by atoms with Gasteiger partial charge in [-0.2, -0.15) is 4.98 Å². The van der Waals surface area contributed by atoms with E-state index in [0.29, 0.717) is 40.8 Å². The summed E-state index contributed by atoms with van der Waals surface area (Å²) < 4.78 is 21.5. The van der Waals surface area contributed by atoms with E-state index in [2.05, 4.69) is 15.5 Å². The molecule has 1 aromatic heterocycles. The molecule has 1 unspecified atom stereocenters. The third-order valence-electron chi connectivity index (χ3n) is 5.43. The first kappa shape index (κ1) is 22.1. The zero-order valence-electron chi connectivity index (χ0n) is 18.7. The molecule has 1 aliphatic heterocycles. The Morgan fingerprint density at radius 3 is 2.55 bits per heavy atom. The number of para-hydroxylation sites is 1. The predicted octanol–water partition coefficient (Wildman–Crippen LogP) is 3.12. The fourth-order valence-electron chi connectivity index (χ4n) is 3.68. The Labute approximate surface area is 190 Å². The second kappa shape index (κ2) is 8.81. The smallest absolute Gasteiger partial charge is 0.325 e. The minimum Gasteiger partial charge on any atom is -0.493 e. The summed E-state index contributed by atoms with van der Waals surface area (Å²) in [5.41, 5.74) is -0.0827. The monoisotopic (exact) mass is 452 g/mol. The van der Waals surface area contributed by atoms with Gasteiger partial charge >= 0.3 is 6.03 Å². The Bertz CT molecular complexity index is 1190. The lowest BCUT2D eigenvalue weighted by atomic mass is 9.91. The van der Waals surface area contributed by atoms with Crippen LogP contribution in [0.1, 0.15) is 25.3 Å². The SMILES string of the molecule is CCOc1ccccc1-c1noc(CN2C(=O)NC(C)(c3ccc(OC)c(OC)c3)C2=O)n1. The molecule has 0 saturated carbocycles. The molecule has 2 aromatic carbocycles. The first-order valence-electron chi connectivity index (χ1n) is 10.3. The van der Waals surface area contributed by atoms with E-state index in [9.17, 15) is 9.59 Å². The van der Waals surface area contributed by atoms with E-state index in [1.54, 1.807) is 31.2 Å². The van der Waals surface area contributed by atoms with E-state index in [-0.39, 0.29) is 12.4 Å². The number of rotatable bonds is 8. The molecule has 1 N–H and O–H groups in total. The standard InChI is InChI=1S/C23H24N4O6/c1-5-32-16-9-7-6-8-15(16)20-24-19(33-26-20)13-27-21(28)23(2,25-22(27)29)14-10-11-17(30-3)18(12-14)31-4/h6-12H,5,13H2,1-4H3,(H,25,29). The number of urea groups is 1. The molecule has 0 spiro atoms. The quantitative estimate of drug-likeness (QED) is 0.518. The Hall–Kier alpha value is -4.08. The highest BCUT2D eigenvalue weighted by molar-refractivity contribution is 6.07. The maximum atomic E-state index is 13.3. The number of ether oxygens (including phenoxy) is 3. The van der Waals surface area contributed by atoms with Crippen molar-refractivity contribution in [2.75, 3.05) is 20.8 Å². The van der Waals surface area contributed by atoms with Crippen molar-refractivity contribution in [3.63, 3.8) is 0 Å². The summed E-state index contributed by atoms with van der Waals surface area (Å²) in [5, 5.41) is 6.74. The Balaban J connectivity index is 1.58. The number of methoxy groups -OCH3 is 2. The number of carbonyl (C=O) groups is 2. The van der Waals surface area contributed by atoms with Gasteiger partial charge in [0.2, 0.25) is 11.7 Å². The maximum absolute atomic E-state index is 13.3. The van der Waals surface area contributed by atoms with Gasteiger partial charge < -0.3 is 24.1 Å². The second-order valence-electron chi connectivity index (χ2n) is 7.46. The van der Waals surface area contributed by atoms with Crippen LogP contribution in [0.3, 0.4) is 0 Å². The average molecular weight is 452 g/mol. The number of hydrogen-bond acceptors (Lipinski definition) is 8. The summed E-state index contributed by atoms with van der Waals surface area (Å²) in [5.74, 6) is 1.56. The molecule has 0 radical (unpaired) electrons. The van der Waals surface area contributed by atoms with E-state index < -0.39 is 17.5 Å². The summed E-state index contributed by atoms with van der Waals surface area (Å²) in [6.45, 7) is 3.83. The van der Waals surface area contributed by atoms with Crippen molar-refractivity contribution < 1.29 is 28.3 Å². The van der Waals surface area contributed by atoms with Crippen molar-refractivity contribution in [2.24, 2.45) is 0 Å². The van der Waals surface area contributed by atoms with E-state index in [0.717, 1.165) is 4.90 Å². The zero-order chi connectivity index (χ0) is 23.6. The molecule has 1 atom stereocenters. The van der Waals surface area contributed by atoms with Gasteiger partial charge in [0.05, 0.1) is 26.4 Å². The number of carbonyl (C=O) groups excluding carboxylic acids is 2. The lowest BCUT2D eigenvalue weighted by Gasteiger charge is -2.23. The molecule has 172 valence electrons. The minimum atomic E-state index is -1.29. The highest BCUT2D eigenvalue weighted by atomic mass is 16.5. The van der Waals surface area contributed by atoms with Gasteiger partial charge in [0.25, 0.3) is 5.91 Å². The molecular weight excluding hydrogens is 428 g/mol. The van der Waals surface area contributed by atoms with Crippen molar-refractivity contribution in [3.05, 3.63) is 53.9 Å². The number of hydrogen-bond donors (Lipinski definition) is 1. The molecule has 1 fully saturated rings. The molecule has 2 heterocycles. The van der Waals surface area contributed by atoms with Gasteiger partial charge in [-0.3, -0.25) is 9.69 Å². The number of imide groups is 1. The zero-order valence-corrected chi connectivity index (χ0v) is 18.7. The van der Waals surface area contributed by atoms with Gasteiger partial charge in [0, 0.05) is 0 Å². The number of nitrogens with one attached hydrogen (secondary N) is 1. The van der Waals surface area contributed by atoms with Crippen molar-refractivity contribution in [1.82, 2.24) is 20.4 Å². The fraction of sp³-hybridized carbons (Fsp3) is 0.304. The molecule has 33 heavy (non-hydrogen) atoms. The molecule has 3 aromatic rings. The average Bonchev–Trinajstić information content (AvgIpc) is 3.38. The van der Waals surface area contributed by atoms with Gasteiger partial charge in [-0.1, -0.05) is 23.4 Å². The van der Waals surface area contributed by atoms with E-state index in [1.807, 2.05) is 25.1 Å². The lowest BCUT2D eigenvalue weighted by molar-refractivity contribution is -0.131. The van der Waals surface area contributed by atoms with E-state index in [4.69, 9.17) is 18.7 Å². The molecule has 0 aliphatic carbocycles. The normalized spacial score (nSPS) is 17.8. The largest absolute Gasteiger partial charge is 0.493 e. The highest BCUT2D eigenvalue weighted by Crippen LogP contribution is 2.36. The third-order valence-corrected chi connectivity index (χ3v) is 5.43. The van der Waals surface area contributed by atoms with Gasteiger partial charge in [-0.05, 0) is 43.7 Å². The number of nitrogens with zero attached hydrogens (tertiary/aromatic N) is 3. The van der Waals surface area contributed by atoms with Gasteiger partial charge in [0.1, 0.15) is 17.8 Å². The minimum absolute atomic E-state index is 0.122. The summed E-state index contributed by atoms with van der Waals surface area (Å²) in [6.07, 6.45) is 0. The predicted molar refractivity (Wildman–Crippen MR) is 117 cm³/mol.